The minimum Gasteiger partial charge on any atom is -0.478 e. The Bertz CT molecular complexity index is 530. The predicted octanol–water partition coefficient (Wildman–Crippen LogP) is 3.26. The molecule has 0 radical (unpaired) electrons. The van der Waals surface area contributed by atoms with Gasteiger partial charge in [0.15, 0.2) is 0 Å². The Morgan fingerprint density at radius 2 is 1.86 bits per heavy atom. The van der Waals surface area contributed by atoms with Gasteiger partial charge in [0.25, 0.3) is 0 Å². The minimum absolute atomic E-state index is 0.0809. The maximum absolute atomic E-state index is 11.9. The highest BCUT2D eigenvalue weighted by molar-refractivity contribution is 5.87. The van der Waals surface area contributed by atoms with Gasteiger partial charge in [-0.25, -0.2) is 4.79 Å². The molecule has 22 heavy (non-hydrogen) atoms. The molecule has 1 fully saturated rings. The molecule has 0 unspecified atom stereocenters. The average Bonchev–Trinajstić information content (AvgIpc) is 3.22. The molecule has 1 saturated carbocycles. The highest BCUT2D eigenvalue weighted by Gasteiger charge is 2.42. The highest BCUT2D eigenvalue weighted by atomic mass is 16.4. The van der Waals surface area contributed by atoms with Gasteiger partial charge in [-0.2, -0.15) is 0 Å². The lowest BCUT2D eigenvalue weighted by Crippen LogP contribution is -2.31. The Morgan fingerprint density at radius 3 is 2.36 bits per heavy atom. The minimum atomic E-state index is -0.927. The van der Waals surface area contributed by atoms with Gasteiger partial charge in [0, 0.05) is 13.0 Å². The third kappa shape index (κ3) is 4.86. The van der Waals surface area contributed by atoms with E-state index in [9.17, 15) is 9.59 Å². The first-order valence-corrected chi connectivity index (χ1v) is 7.99. The smallest absolute Gasteiger partial charge is 0.335 e. The van der Waals surface area contributed by atoms with Crippen molar-refractivity contribution in [2.45, 2.75) is 46.0 Å². The van der Waals surface area contributed by atoms with E-state index in [2.05, 4.69) is 19.2 Å². The van der Waals surface area contributed by atoms with E-state index in [1.807, 2.05) is 0 Å². The van der Waals surface area contributed by atoms with Crippen molar-refractivity contribution in [1.29, 1.82) is 0 Å². The summed E-state index contributed by atoms with van der Waals surface area (Å²) in [6, 6.07) is 6.71. The fourth-order valence-corrected chi connectivity index (χ4v) is 2.94. The first kappa shape index (κ1) is 16.5. The quantitative estimate of drug-likeness (QED) is 0.774. The zero-order valence-electron chi connectivity index (χ0n) is 13.4. The number of rotatable bonds is 8. The monoisotopic (exact) mass is 303 g/mol. The molecule has 1 aromatic carbocycles. The van der Waals surface area contributed by atoms with Crippen LogP contribution in [0.4, 0.5) is 0 Å². The van der Waals surface area contributed by atoms with Gasteiger partial charge in [0.1, 0.15) is 0 Å². The molecule has 2 N–H and O–H groups in total. The van der Waals surface area contributed by atoms with Crippen molar-refractivity contribution in [3.63, 3.8) is 0 Å². The van der Waals surface area contributed by atoms with E-state index in [0.717, 1.165) is 12.1 Å². The molecule has 4 nitrogen and oxygen atoms in total. The summed E-state index contributed by atoms with van der Waals surface area (Å²) < 4.78 is 0. The number of carbonyl (C=O) groups is 2. The van der Waals surface area contributed by atoms with Gasteiger partial charge in [-0.1, -0.05) is 26.0 Å². The van der Waals surface area contributed by atoms with Gasteiger partial charge in [0.05, 0.1) is 5.56 Å². The van der Waals surface area contributed by atoms with E-state index >= 15 is 0 Å². The first-order valence-electron chi connectivity index (χ1n) is 7.99. The number of nitrogens with one attached hydrogen (secondary N) is 1. The predicted molar refractivity (Wildman–Crippen MR) is 85.9 cm³/mol. The van der Waals surface area contributed by atoms with Crippen molar-refractivity contribution in [1.82, 2.24) is 5.32 Å². The molecule has 0 saturated heterocycles. The summed E-state index contributed by atoms with van der Waals surface area (Å²) in [5.41, 5.74) is 1.62. The van der Waals surface area contributed by atoms with Gasteiger partial charge < -0.3 is 10.4 Å². The number of carboxylic acids is 1. The van der Waals surface area contributed by atoms with Crippen molar-refractivity contribution >= 4 is 11.9 Å². The van der Waals surface area contributed by atoms with Crippen LogP contribution in [0.15, 0.2) is 24.3 Å². The molecule has 0 aliphatic heterocycles. The maximum Gasteiger partial charge on any atom is 0.335 e. The van der Waals surface area contributed by atoms with Gasteiger partial charge in [0.2, 0.25) is 5.91 Å². The summed E-state index contributed by atoms with van der Waals surface area (Å²) in [4.78, 5) is 22.7. The number of benzene rings is 1. The fraction of sp³-hybridized carbons (Fsp3) is 0.556. The second-order valence-corrected chi connectivity index (χ2v) is 6.88. The van der Waals surface area contributed by atoms with E-state index in [-0.39, 0.29) is 11.5 Å². The van der Waals surface area contributed by atoms with Crippen LogP contribution < -0.4 is 5.32 Å². The molecule has 4 heteroatoms. The largest absolute Gasteiger partial charge is 0.478 e. The van der Waals surface area contributed by atoms with Crippen molar-refractivity contribution in [3.05, 3.63) is 35.4 Å². The van der Waals surface area contributed by atoms with Gasteiger partial charge >= 0.3 is 5.97 Å². The molecule has 0 spiro atoms. The molecule has 0 atom stereocenters. The summed E-state index contributed by atoms with van der Waals surface area (Å²) in [7, 11) is 0. The summed E-state index contributed by atoms with van der Waals surface area (Å²) in [6.45, 7) is 5.24. The van der Waals surface area contributed by atoms with Crippen molar-refractivity contribution in [3.8, 4) is 0 Å². The van der Waals surface area contributed by atoms with Crippen LogP contribution in [0.2, 0.25) is 0 Å². The lowest BCUT2D eigenvalue weighted by Gasteiger charge is -2.18. The number of hydrogen-bond donors (Lipinski definition) is 2. The zero-order chi connectivity index (χ0) is 16.2. The molecule has 120 valence electrons. The summed E-state index contributed by atoms with van der Waals surface area (Å²) in [5, 5.41) is 11.9. The Labute approximate surface area is 131 Å². The number of aromatic carboxylic acids is 1. The lowest BCUT2D eigenvalue weighted by atomic mass is 9.94. The van der Waals surface area contributed by atoms with Crippen molar-refractivity contribution in [2.24, 2.45) is 11.3 Å². The number of carbonyl (C=O) groups excluding carboxylic acids is 1. The van der Waals surface area contributed by atoms with Crippen LogP contribution in [0.1, 0.15) is 55.5 Å². The Balaban J connectivity index is 1.72. The van der Waals surface area contributed by atoms with E-state index in [0.29, 0.717) is 24.2 Å². The fourth-order valence-electron chi connectivity index (χ4n) is 2.94. The molecule has 0 heterocycles. The standard InChI is InChI=1S/C18H25NO3/c1-13(2)11-18(9-10-18)12-19-16(20)8-5-14-3-6-15(7-4-14)17(21)22/h3-4,6-7,13H,5,8-12H2,1-2H3,(H,19,20)(H,21,22). The van der Waals surface area contributed by atoms with Crippen LogP contribution in [-0.2, 0) is 11.2 Å². The topological polar surface area (TPSA) is 66.4 Å². The second kappa shape index (κ2) is 6.95. The van der Waals surface area contributed by atoms with E-state index in [1.165, 1.54) is 19.3 Å². The molecule has 0 aromatic heterocycles. The molecule has 2 rings (SSSR count). The van der Waals surface area contributed by atoms with Crippen molar-refractivity contribution < 1.29 is 14.7 Å². The van der Waals surface area contributed by atoms with Gasteiger partial charge in [-0.05, 0) is 54.7 Å². The number of amides is 1. The Morgan fingerprint density at radius 1 is 1.23 bits per heavy atom. The van der Waals surface area contributed by atoms with Crippen LogP contribution in [0.3, 0.4) is 0 Å². The summed E-state index contributed by atoms with van der Waals surface area (Å²) >= 11 is 0. The van der Waals surface area contributed by atoms with Crippen LogP contribution in [0.5, 0.6) is 0 Å². The van der Waals surface area contributed by atoms with E-state index in [1.54, 1.807) is 24.3 Å². The third-order valence-corrected chi connectivity index (χ3v) is 4.30. The van der Waals surface area contributed by atoms with Crippen LogP contribution in [0, 0.1) is 11.3 Å². The second-order valence-electron chi connectivity index (χ2n) is 6.88. The lowest BCUT2D eigenvalue weighted by molar-refractivity contribution is -0.121. The molecule has 0 bridgehead atoms. The third-order valence-electron chi connectivity index (χ3n) is 4.30. The number of carboxylic acid groups (broad SMARTS) is 1. The molecular formula is C18H25NO3. The van der Waals surface area contributed by atoms with Crippen LogP contribution in [-0.4, -0.2) is 23.5 Å². The average molecular weight is 303 g/mol. The normalized spacial score (nSPS) is 15.6. The van der Waals surface area contributed by atoms with Gasteiger partial charge in [-0.3, -0.25) is 4.79 Å². The molecule has 1 aliphatic rings. The molecule has 1 aromatic rings. The van der Waals surface area contributed by atoms with Crippen molar-refractivity contribution in [2.75, 3.05) is 6.54 Å². The Kier molecular flexibility index (Phi) is 5.22. The molecule has 1 aliphatic carbocycles. The van der Waals surface area contributed by atoms with E-state index in [4.69, 9.17) is 5.11 Å². The van der Waals surface area contributed by atoms with Crippen LogP contribution >= 0.6 is 0 Å². The number of hydrogen-bond acceptors (Lipinski definition) is 2. The molecular weight excluding hydrogens is 278 g/mol. The van der Waals surface area contributed by atoms with Crippen LogP contribution in [0.25, 0.3) is 0 Å². The Hall–Kier alpha value is -1.84. The van der Waals surface area contributed by atoms with E-state index < -0.39 is 5.97 Å². The summed E-state index contributed by atoms with van der Waals surface area (Å²) in [5.74, 6) is -0.173. The highest BCUT2D eigenvalue weighted by Crippen LogP contribution is 2.49. The SMILES string of the molecule is CC(C)CC1(CNC(=O)CCc2ccc(C(=O)O)cc2)CC1. The molecule has 1 amide bonds. The maximum atomic E-state index is 11.9. The van der Waals surface area contributed by atoms with Gasteiger partial charge in [-0.15, -0.1) is 0 Å². The zero-order valence-corrected chi connectivity index (χ0v) is 13.4. The first-order chi connectivity index (χ1) is 10.4. The number of aryl methyl sites for hydroxylation is 1. The summed E-state index contributed by atoms with van der Waals surface area (Å²) in [6.07, 6.45) is 4.72.